The van der Waals surface area contributed by atoms with Crippen LogP contribution in [0.25, 0.3) is 0 Å². The molecule has 1 fully saturated rings. The molecule has 74 valence electrons. The van der Waals surface area contributed by atoms with Gasteiger partial charge in [0.1, 0.15) is 12.2 Å². The first-order valence-electron chi connectivity index (χ1n) is 5.07. The van der Waals surface area contributed by atoms with Gasteiger partial charge in [0.05, 0.1) is 11.5 Å². The Kier molecular flexibility index (Phi) is 2.24. The van der Waals surface area contributed by atoms with Crippen LogP contribution >= 0.6 is 0 Å². The molecule has 0 atom stereocenters. The summed E-state index contributed by atoms with van der Waals surface area (Å²) in [4.78, 5) is 4.20. The Bertz CT molecular complexity index is 356. The second-order valence-electron chi connectivity index (χ2n) is 3.91. The van der Waals surface area contributed by atoms with E-state index in [-0.39, 0.29) is 5.41 Å². The molecule has 1 aromatic rings. The van der Waals surface area contributed by atoms with Gasteiger partial charge in [0.25, 0.3) is 0 Å². The lowest BCUT2D eigenvalue weighted by Crippen LogP contribution is -2.31. The summed E-state index contributed by atoms with van der Waals surface area (Å²) in [5, 5.41) is 13.2. The molecule has 4 heteroatoms. The molecule has 0 saturated heterocycles. The fourth-order valence-corrected chi connectivity index (χ4v) is 1.92. The van der Waals surface area contributed by atoms with E-state index in [0.29, 0.717) is 0 Å². The standard InChI is InChI=1S/C10H14N4/c1-2-14-9(12-8-13-14)6-10(7-11)4-3-5-10/h8H,2-6H2,1H3. The Hall–Kier alpha value is -1.37. The monoisotopic (exact) mass is 190 g/mol. The van der Waals surface area contributed by atoms with Gasteiger partial charge < -0.3 is 0 Å². The molecule has 2 rings (SSSR count). The zero-order valence-corrected chi connectivity index (χ0v) is 8.40. The van der Waals surface area contributed by atoms with E-state index >= 15 is 0 Å². The lowest BCUT2D eigenvalue weighted by atomic mass is 9.68. The molecule has 0 unspecified atom stereocenters. The number of aryl methyl sites for hydroxylation is 1. The van der Waals surface area contributed by atoms with E-state index in [1.54, 1.807) is 6.33 Å². The highest BCUT2D eigenvalue weighted by atomic mass is 15.3. The Balaban J connectivity index is 2.14. The lowest BCUT2D eigenvalue weighted by molar-refractivity contribution is 0.207. The van der Waals surface area contributed by atoms with Crippen LogP contribution in [-0.2, 0) is 13.0 Å². The number of nitrogens with zero attached hydrogens (tertiary/aromatic N) is 4. The summed E-state index contributed by atoms with van der Waals surface area (Å²) in [5.41, 5.74) is -0.139. The summed E-state index contributed by atoms with van der Waals surface area (Å²) in [5.74, 6) is 0.953. The minimum atomic E-state index is -0.139. The first kappa shape index (κ1) is 9.20. The fraction of sp³-hybridized carbons (Fsp3) is 0.700. The molecule has 0 amide bonds. The van der Waals surface area contributed by atoms with E-state index in [2.05, 4.69) is 16.2 Å². The molecule has 4 nitrogen and oxygen atoms in total. The highest BCUT2D eigenvalue weighted by molar-refractivity contribution is 5.09. The van der Waals surface area contributed by atoms with Crippen molar-refractivity contribution in [2.24, 2.45) is 5.41 Å². The van der Waals surface area contributed by atoms with Crippen LogP contribution in [0.2, 0.25) is 0 Å². The third kappa shape index (κ3) is 1.39. The quantitative estimate of drug-likeness (QED) is 0.726. The Morgan fingerprint density at radius 1 is 1.64 bits per heavy atom. The summed E-state index contributed by atoms with van der Waals surface area (Å²) in [6.07, 6.45) is 5.54. The molecule has 0 spiro atoms. The average Bonchev–Trinajstić information content (AvgIpc) is 2.58. The van der Waals surface area contributed by atoms with Crippen LogP contribution in [0.1, 0.15) is 32.0 Å². The molecule has 1 heterocycles. The van der Waals surface area contributed by atoms with Gasteiger partial charge in [0.2, 0.25) is 0 Å². The van der Waals surface area contributed by atoms with Crippen LogP contribution in [0.15, 0.2) is 6.33 Å². The van der Waals surface area contributed by atoms with Gasteiger partial charge in [-0.25, -0.2) is 4.98 Å². The van der Waals surface area contributed by atoms with Crippen LogP contribution in [0.4, 0.5) is 0 Å². The maximum absolute atomic E-state index is 9.09. The molecule has 0 aromatic carbocycles. The third-order valence-electron chi connectivity index (χ3n) is 3.04. The van der Waals surface area contributed by atoms with Crippen LogP contribution in [-0.4, -0.2) is 14.8 Å². The highest BCUT2D eigenvalue weighted by Crippen LogP contribution is 2.42. The van der Waals surface area contributed by atoms with Crippen LogP contribution < -0.4 is 0 Å². The second-order valence-corrected chi connectivity index (χ2v) is 3.91. The van der Waals surface area contributed by atoms with Gasteiger partial charge in [-0.1, -0.05) is 6.42 Å². The normalized spacial score (nSPS) is 18.6. The van der Waals surface area contributed by atoms with Crippen molar-refractivity contribution in [1.82, 2.24) is 14.8 Å². The number of rotatable bonds is 3. The fourth-order valence-electron chi connectivity index (χ4n) is 1.92. The zero-order chi connectivity index (χ0) is 10.0. The summed E-state index contributed by atoms with van der Waals surface area (Å²) in [6, 6.07) is 2.42. The predicted molar refractivity (Wildman–Crippen MR) is 51.3 cm³/mol. The van der Waals surface area contributed by atoms with E-state index in [1.807, 2.05) is 11.6 Å². The molecular weight excluding hydrogens is 176 g/mol. The number of aromatic nitrogens is 3. The minimum Gasteiger partial charge on any atom is -0.250 e. The van der Waals surface area contributed by atoms with E-state index < -0.39 is 0 Å². The lowest BCUT2D eigenvalue weighted by Gasteiger charge is -2.34. The first-order chi connectivity index (χ1) is 6.79. The predicted octanol–water partition coefficient (Wildman–Crippen LogP) is 1.53. The average molecular weight is 190 g/mol. The second kappa shape index (κ2) is 3.41. The van der Waals surface area contributed by atoms with Crippen LogP contribution in [0.3, 0.4) is 0 Å². The van der Waals surface area contributed by atoms with Crippen molar-refractivity contribution in [2.45, 2.75) is 39.2 Å². The highest BCUT2D eigenvalue weighted by Gasteiger charge is 2.38. The van der Waals surface area contributed by atoms with Crippen LogP contribution in [0, 0.1) is 16.7 Å². The van der Waals surface area contributed by atoms with E-state index in [9.17, 15) is 0 Å². The maximum atomic E-state index is 9.09. The summed E-state index contributed by atoms with van der Waals surface area (Å²) >= 11 is 0. The van der Waals surface area contributed by atoms with E-state index in [4.69, 9.17) is 5.26 Å². The molecule has 1 aromatic heterocycles. The molecule has 0 radical (unpaired) electrons. The third-order valence-corrected chi connectivity index (χ3v) is 3.04. The largest absolute Gasteiger partial charge is 0.250 e. The zero-order valence-electron chi connectivity index (χ0n) is 8.40. The molecule has 0 bridgehead atoms. The van der Waals surface area contributed by atoms with Gasteiger partial charge in [0, 0.05) is 13.0 Å². The molecule has 1 aliphatic rings. The van der Waals surface area contributed by atoms with Gasteiger partial charge in [0.15, 0.2) is 0 Å². The Morgan fingerprint density at radius 3 is 2.93 bits per heavy atom. The van der Waals surface area contributed by atoms with Crippen molar-refractivity contribution in [2.75, 3.05) is 0 Å². The van der Waals surface area contributed by atoms with Gasteiger partial charge in [-0.05, 0) is 19.8 Å². The maximum Gasteiger partial charge on any atom is 0.138 e. The Morgan fingerprint density at radius 2 is 2.43 bits per heavy atom. The van der Waals surface area contributed by atoms with E-state index in [1.165, 1.54) is 6.42 Å². The van der Waals surface area contributed by atoms with Crippen molar-refractivity contribution < 1.29 is 0 Å². The smallest absolute Gasteiger partial charge is 0.138 e. The molecule has 14 heavy (non-hydrogen) atoms. The minimum absolute atomic E-state index is 0.139. The van der Waals surface area contributed by atoms with E-state index in [0.717, 1.165) is 31.6 Å². The van der Waals surface area contributed by atoms with Gasteiger partial charge >= 0.3 is 0 Å². The van der Waals surface area contributed by atoms with Gasteiger partial charge in [-0.3, -0.25) is 4.68 Å². The van der Waals surface area contributed by atoms with Crippen molar-refractivity contribution in [3.05, 3.63) is 12.2 Å². The van der Waals surface area contributed by atoms with Crippen molar-refractivity contribution in [1.29, 1.82) is 5.26 Å². The number of nitriles is 1. The topological polar surface area (TPSA) is 54.5 Å². The van der Waals surface area contributed by atoms with Gasteiger partial charge in [-0.2, -0.15) is 10.4 Å². The first-order valence-corrected chi connectivity index (χ1v) is 5.07. The SMILES string of the molecule is CCn1ncnc1CC1(C#N)CCC1. The van der Waals surface area contributed by atoms with Crippen molar-refractivity contribution in [3.8, 4) is 6.07 Å². The molecule has 0 N–H and O–H groups in total. The summed E-state index contributed by atoms with van der Waals surface area (Å²) in [6.45, 7) is 2.87. The molecule has 1 saturated carbocycles. The molecular formula is C10H14N4. The van der Waals surface area contributed by atoms with Crippen LogP contribution in [0.5, 0.6) is 0 Å². The van der Waals surface area contributed by atoms with Gasteiger partial charge in [-0.15, -0.1) is 0 Å². The van der Waals surface area contributed by atoms with Crippen molar-refractivity contribution >= 4 is 0 Å². The summed E-state index contributed by atoms with van der Waals surface area (Å²) < 4.78 is 1.87. The summed E-state index contributed by atoms with van der Waals surface area (Å²) in [7, 11) is 0. The Labute approximate surface area is 83.6 Å². The number of hydrogen-bond acceptors (Lipinski definition) is 3. The molecule has 0 aliphatic heterocycles. The number of hydrogen-bond donors (Lipinski definition) is 0. The van der Waals surface area contributed by atoms with Crippen molar-refractivity contribution in [3.63, 3.8) is 0 Å². The molecule has 1 aliphatic carbocycles.